The normalized spacial score (nSPS) is 33.2. The van der Waals surface area contributed by atoms with Crippen LogP contribution in [-0.4, -0.2) is 28.6 Å². The summed E-state index contributed by atoms with van der Waals surface area (Å²) >= 11 is 0. The van der Waals surface area contributed by atoms with Gasteiger partial charge in [-0.05, 0) is 54.3 Å². The van der Waals surface area contributed by atoms with Gasteiger partial charge in [-0.15, -0.1) is 0 Å². The molecule has 4 nitrogen and oxygen atoms in total. The first-order chi connectivity index (χ1) is 12.0. The average molecular weight is 359 g/mol. The van der Waals surface area contributed by atoms with E-state index in [0.717, 1.165) is 50.0 Å². The predicted molar refractivity (Wildman–Crippen MR) is 102 cm³/mol. The third-order valence-electron chi connectivity index (χ3n) is 7.14. The molecule has 0 radical (unpaired) electrons. The molecule has 4 rings (SSSR count). The molecular formula is C22H34N2O2. The quantitative estimate of drug-likeness (QED) is 0.720. The highest BCUT2D eigenvalue weighted by molar-refractivity contribution is 5.94. The summed E-state index contributed by atoms with van der Waals surface area (Å²) in [6.45, 7) is 14.8. The van der Waals surface area contributed by atoms with Crippen LogP contribution >= 0.6 is 0 Å². The van der Waals surface area contributed by atoms with Crippen LogP contribution in [0.3, 0.4) is 0 Å². The van der Waals surface area contributed by atoms with Gasteiger partial charge >= 0.3 is 0 Å². The van der Waals surface area contributed by atoms with Crippen molar-refractivity contribution in [3.63, 3.8) is 0 Å². The number of aromatic nitrogens is 1. The summed E-state index contributed by atoms with van der Waals surface area (Å²) in [5, 5.41) is 4.27. The molecule has 1 amide bonds. The molecule has 4 heteroatoms. The van der Waals surface area contributed by atoms with E-state index < -0.39 is 0 Å². The van der Waals surface area contributed by atoms with Crippen molar-refractivity contribution in [2.45, 2.75) is 86.1 Å². The molecule has 1 aromatic heterocycles. The molecular weight excluding hydrogens is 324 g/mol. The molecule has 1 saturated heterocycles. The minimum absolute atomic E-state index is 0.107. The number of rotatable bonds is 1. The first-order valence-electron chi connectivity index (χ1n) is 10.3. The fourth-order valence-corrected chi connectivity index (χ4v) is 6.14. The number of carbonyl (C=O) groups is 1. The van der Waals surface area contributed by atoms with E-state index in [1.165, 1.54) is 6.42 Å². The van der Waals surface area contributed by atoms with Crippen molar-refractivity contribution in [3.05, 3.63) is 17.0 Å². The summed E-state index contributed by atoms with van der Waals surface area (Å²) in [6, 6.07) is 0.352. The lowest BCUT2D eigenvalue weighted by Gasteiger charge is -2.39. The summed E-state index contributed by atoms with van der Waals surface area (Å²) in [5.41, 5.74) is 2.50. The summed E-state index contributed by atoms with van der Waals surface area (Å²) < 4.78 is 5.61. The van der Waals surface area contributed by atoms with Crippen molar-refractivity contribution in [3.8, 4) is 0 Å². The second kappa shape index (κ2) is 5.59. The Kier molecular flexibility index (Phi) is 3.88. The summed E-state index contributed by atoms with van der Waals surface area (Å²) in [4.78, 5) is 15.6. The molecule has 3 atom stereocenters. The molecule has 1 aliphatic heterocycles. The van der Waals surface area contributed by atoms with E-state index in [4.69, 9.17) is 4.52 Å². The van der Waals surface area contributed by atoms with Gasteiger partial charge < -0.3 is 9.42 Å². The van der Waals surface area contributed by atoms with Gasteiger partial charge in [0.25, 0.3) is 5.91 Å². The van der Waals surface area contributed by atoms with Gasteiger partial charge in [0.15, 0.2) is 5.69 Å². The predicted octanol–water partition coefficient (Wildman–Crippen LogP) is 4.87. The van der Waals surface area contributed by atoms with E-state index in [1.54, 1.807) is 0 Å². The Morgan fingerprint density at radius 1 is 1.23 bits per heavy atom. The first-order valence-corrected chi connectivity index (χ1v) is 10.3. The molecule has 0 unspecified atom stereocenters. The Morgan fingerprint density at radius 3 is 2.65 bits per heavy atom. The highest BCUT2D eigenvalue weighted by Gasteiger charge is 2.51. The summed E-state index contributed by atoms with van der Waals surface area (Å²) in [5.74, 6) is 1.63. The van der Waals surface area contributed by atoms with Crippen LogP contribution in [0.5, 0.6) is 0 Å². The van der Waals surface area contributed by atoms with Gasteiger partial charge in [-0.1, -0.05) is 46.7 Å². The van der Waals surface area contributed by atoms with Gasteiger partial charge in [-0.25, -0.2) is 0 Å². The highest BCUT2D eigenvalue weighted by atomic mass is 16.5. The van der Waals surface area contributed by atoms with E-state index >= 15 is 0 Å². The monoisotopic (exact) mass is 358 g/mol. The van der Waals surface area contributed by atoms with Gasteiger partial charge in [0.2, 0.25) is 0 Å². The van der Waals surface area contributed by atoms with Crippen molar-refractivity contribution in [1.29, 1.82) is 0 Å². The number of hydrogen-bond donors (Lipinski definition) is 0. The standard InChI is InChI=1S/C22H34N2O2/c1-20(2,3)14-7-8-17-16(9-14)18(23-26-17)19(25)24-13-22(6)11-15(24)10-21(4,5)12-22/h14-15H,7-13H2,1-6H3/t14-,15-,22+/m0/s1. The number of likely N-dealkylation sites (tertiary alicyclic amines) is 1. The molecule has 144 valence electrons. The number of fused-ring (bicyclic) bond motifs is 3. The zero-order valence-corrected chi connectivity index (χ0v) is 17.3. The van der Waals surface area contributed by atoms with Crippen LogP contribution < -0.4 is 0 Å². The van der Waals surface area contributed by atoms with E-state index in [2.05, 4.69) is 51.6 Å². The van der Waals surface area contributed by atoms with Crippen molar-refractivity contribution in [2.24, 2.45) is 22.2 Å². The zero-order chi connectivity index (χ0) is 18.9. The molecule has 1 saturated carbocycles. The van der Waals surface area contributed by atoms with Crippen molar-refractivity contribution >= 4 is 5.91 Å². The second-order valence-corrected chi connectivity index (χ2v) is 11.4. The number of carbonyl (C=O) groups excluding carboxylic acids is 1. The fraction of sp³-hybridized carbons (Fsp3) is 0.818. The van der Waals surface area contributed by atoms with Crippen LogP contribution in [0.1, 0.15) is 89.0 Å². The smallest absolute Gasteiger partial charge is 0.276 e. The molecule has 0 spiro atoms. The first kappa shape index (κ1) is 18.1. The van der Waals surface area contributed by atoms with Crippen LogP contribution in [-0.2, 0) is 12.8 Å². The van der Waals surface area contributed by atoms with Crippen LogP contribution in [0, 0.1) is 22.2 Å². The lowest BCUT2D eigenvalue weighted by molar-refractivity contribution is 0.0696. The largest absolute Gasteiger partial charge is 0.360 e. The topological polar surface area (TPSA) is 46.3 Å². The Hall–Kier alpha value is -1.32. The van der Waals surface area contributed by atoms with Gasteiger partial charge in [-0.2, -0.15) is 0 Å². The van der Waals surface area contributed by atoms with Crippen LogP contribution in [0.4, 0.5) is 0 Å². The van der Waals surface area contributed by atoms with Gasteiger partial charge in [-0.3, -0.25) is 4.79 Å². The maximum Gasteiger partial charge on any atom is 0.276 e. The fourth-order valence-electron chi connectivity index (χ4n) is 6.14. The molecule has 26 heavy (non-hydrogen) atoms. The third-order valence-corrected chi connectivity index (χ3v) is 7.14. The number of hydrogen-bond acceptors (Lipinski definition) is 3. The Labute approximate surface area is 157 Å². The second-order valence-electron chi connectivity index (χ2n) is 11.4. The molecule has 2 aliphatic carbocycles. The van der Waals surface area contributed by atoms with Gasteiger partial charge in [0, 0.05) is 24.6 Å². The minimum Gasteiger partial charge on any atom is -0.360 e. The maximum absolute atomic E-state index is 13.4. The molecule has 2 heterocycles. The van der Waals surface area contributed by atoms with Gasteiger partial charge in [0.05, 0.1) is 0 Å². The molecule has 0 N–H and O–H groups in total. The number of amides is 1. The van der Waals surface area contributed by atoms with E-state index in [1.807, 2.05) is 0 Å². The molecule has 1 aromatic rings. The number of aryl methyl sites for hydroxylation is 1. The van der Waals surface area contributed by atoms with E-state index in [-0.39, 0.29) is 16.7 Å². The van der Waals surface area contributed by atoms with Crippen molar-refractivity contribution < 1.29 is 9.32 Å². The Balaban J connectivity index is 1.60. The average Bonchev–Trinajstić information content (AvgIpc) is 3.02. The summed E-state index contributed by atoms with van der Waals surface area (Å²) in [7, 11) is 0. The van der Waals surface area contributed by atoms with Crippen LogP contribution in [0.15, 0.2) is 4.52 Å². The van der Waals surface area contributed by atoms with E-state index in [0.29, 0.717) is 23.1 Å². The van der Waals surface area contributed by atoms with Crippen LogP contribution in [0.2, 0.25) is 0 Å². The molecule has 0 aromatic carbocycles. The molecule has 2 bridgehead atoms. The summed E-state index contributed by atoms with van der Waals surface area (Å²) in [6.07, 6.45) is 6.38. The Bertz CT molecular complexity index is 727. The number of nitrogens with zero attached hydrogens (tertiary/aromatic N) is 2. The SMILES string of the molecule is CC1(C)C[C@H]2C[C@@](C)(CN2C(=O)c2noc3c2C[C@@H](C(C)(C)C)CC3)C1. The van der Waals surface area contributed by atoms with Crippen LogP contribution in [0.25, 0.3) is 0 Å². The van der Waals surface area contributed by atoms with Crippen molar-refractivity contribution in [1.82, 2.24) is 10.1 Å². The molecule has 3 aliphatic rings. The van der Waals surface area contributed by atoms with Gasteiger partial charge in [0.1, 0.15) is 5.76 Å². The molecule has 2 fully saturated rings. The maximum atomic E-state index is 13.4. The highest BCUT2D eigenvalue weighted by Crippen LogP contribution is 2.53. The van der Waals surface area contributed by atoms with E-state index in [9.17, 15) is 4.79 Å². The third kappa shape index (κ3) is 2.99. The minimum atomic E-state index is 0.107. The van der Waals surface area contributed by atoms with Crippen molar-refractivity contribution in [2.75, 3.05) is 6.54 Å². The zero-order valence-electron chi connectivity index (χ0n) is 17.3. The lowest BCUT2D eigenvalue weighted by Crippen LogP contribution is -2.38. The lowest BCUT2D eigenvalue weighted by atomic mass is 9.65. The Morgan fingerprint density at radius 2 is 1.96 bits per heavy atom.